The van der Waals surface area contributed by atoms with E-state index < -0.39 is 0 Å². The third kappa shape index (κ3) is 3.22. The number of likely N-dealkylation sites (N-methyl/N-ethyl adjacent to an activating group) is 2. The van der Waals surface area contributed by atoms with Crippen molar-refractivity contribution in [3.63, 3.8) is 0 Å². The molecule has 0 amide bonds. The SMILES string of the molecule is CNCCN(C)c1cc(C#N)cc(C)n1. The first-order valence-electron chi connectivity index (χ1n) is 4.92. The number of nitrogens with one attached hydrogen (secondary N) is 1. The molecule has 80 valence electrons. The first-order chi connectivity index (χ1) is 7.17. The summed E-state index contributed by atoms with van der Waals surface area (Å²) in [6.07, 6.45) is 0. The van der Waals surface area contributed by atoms with Crippen LogP contribution in [0.4, 0.5) is 5.82 Å². The molecule has 1 rings (SSSR count). The molecule has 1 heterocycles. The van der Waals surface area contributed by atoms with E-state index in [9.17, 15) is 0 Å². The molecule has 0 saturated heterocycles. The lowest BCUT2D eigenvalue weighted by atomic mass is 10.2. The van der Waals surface area contributed by atoms with Gasteiger partial charge in [-0.2, -0.15) is 5.26 Å². The second kappa shape index (κ2) is 5.32. The van der Waals surface area contributed by atoms with Crippen molar-refractivity contribution in [1.82, 2.24) is 10.3 Å². The van der Waals surface area contributed by atoms with Crippen LogP contribution in [0.2, 0.25) is 0 Å². The number of aromatic nitrogens is 1. The average Bonchev–Trinajstić information content (AvgIpc) is 2.24. The molecular weight excluding hydrogens is 188 g/mol. The van der Waals surface area contributed by atoms with Gasteiger partial charge in [-0.1, -0.05) is 0 Å². The third-order valence-corrected chi connectivity index (χ3v) is 2.16. The number of anilines is 1. The van der Waals surface area contributed by atoms with Gasteiger partial charge in [0.1, 0.15) is 5.82 Å². The van der Waals surface area contributed by atoms with Crippen LogP contribution < -0.4 is 10.2 Å². The van der Waals surface area contributed by atoms with Crippen LogP contribution in [0.1, 0.15) is 11.3 Å². The Labute approximate surface area is 90.5 Å². The lowest BCUT2D eigenvalue weighted by molar-refractivity contribution is 0.760. The van der Waals surface area contributed by atoms with E-state index in [1.165, 1.54) is 0 Å². The first-order valence-corrected chi connectivity index (χ1v) is 4.92. The first kappa shape index (κ1) is 11.5. The van der Waals surface area contributed by atoms with E-state index in [2.05, 4.69) is 16.4 Å². The Balaban J connectivity index is 2.84. The van der Waals surface area contributed by atoms with E-state index in [0.29, 0.717) is 5.56 Å². The summed E-state index contributed by atoms with van der Waals surface area (Å²) >= 11 is 0. The molecule has 0 unspecified atom stereocenters. The van der Waals surface area contributed by atoms with E-state index in [4.69, 9.17) is 5.26 Å². The largest absolute Gasteiger partial charge is 0.358 e. The van der Waals surface area contributed by atoms with Crippen LogP contribution in [0.5, 0.6) is 0 Å². The van der Waals surface area contributed by atoms with Gasteiger partial charge in [-0.3, -0.25) is 0 Å². The van der Waals surface area contributed by atoms with Crippen molar-refractivity contribution in [2.45, 2.75) is 6.92 Å². The van der Waals surface area contributed by atoms with Crippen molar-refractivity contribution < 1.29 is 0 Å². The topological polar surface area (TPSA) is 52.0 Å². The number of hydrogen-bond acceptors (Lipinski definition) is 4. The summed E-state index contributed by atoms with van der Waals surface area (Å²) in [5.74, 6) is 0.849. The standard InChI is InChI=1S/C11H16N4/c1-9-6-10(8-12)7-11(14-9)15(3)5-4-13-2/h6-7,13H,4-5H2,1-3H3. The Bertz CT molecular complexity index is 367. The summed E-state index contributed by atoms with van der Waals surface area (Å²) in [6, 6.07) is 5.73. The minimum absolute atomic E-state index is 0.661. The maximum atomic E-state index is 8.84. The Morgan fingerprint density at radius 2 is 2.27 bits per heavy atom. The van der Waals surface area contributed by atoms with Crippen LogP contribution in [0, 0.1) is 18.3 Å². The van der Waals surface area contributed by atoms with Crippen molar-refractivity contribution in [2.75, 3.05) is 32.1 Å². The quantitative estimate of drug-likeness (QED) is 0.792. The second-order valence-corrected chi connectivity index (χ2v) is 3.49. The number of nitrogens with zero attached hydrogens (tertiary/aromatic N) is 3. The van der Waals surface area contributed by atoms with Crippen LogP contribution >= 0.6 is 0 Å². The predicted molar refractivity (Wildman–Crippen MR) is 60.9 cm³/mol. The van der Waals surface area contributed by atoms with Gasteiger partial charge in [0.05, 0.1) is 11.6 Å². The lowest BCUT2D eigenvalue weighted by Gasteiger charge is -2.18. The average molecular weight is 204 g/mol. The number of hydrogen-bond donors (Lipinski definition) is 1. The molecule has 0 spiro atoms. The van der Waals surface area contributed by atoms with Crippen molar-refractivity contribution in [3.8, 4) is 6.07 Å². The van der Waals surface area contributed by atoms with E-state index >= 15 is 0 Å². The highest BCUT2D eigenvalue weighted by molar-refractivity contribution is 5.45. The van der Waals surface area contributed by atoms with Gasteiger partial charge in [-0.05, 0) is 26.1 Å². The van der Waals surface area contributed by atoms with Crippen molar-refractivity contribution in [2.24, 2.45) is 0 Å². The van der Waals surface area contributed by atoms with E-state index in [1.54, 1.807) is 6.07 Å². The van der Waals surface area contributed by atoms with Gasteiger partial charge in [-0.15, -0.1) is 0 Å². The fourth-order valence-corrected chi connectivity index (χ4v) is 1.31. The summed E-state index contributed by atoms with van der Waals surface area (Å²) < 4.78 is 0. The van der Waals surface area contributed by atoms with Crippen molar-refractivity contribution in [3.05, 3.63) is 23.4 Å². The van der Waals surface area contributed by atoms with Gasteiger partial charge < -0.3 is 10.2 Å². The molecule has 1 aromatic heterocycles. The summed E-state index contributed by atoms with van der Waals surface area (Å²) in [7, 11) is 3.89. The third-order valence-electron chi connectivity index (χ3n) is 2.16. The van der Waals surface area contributed by atoms with Crippen LogP contribution in [0.15, 0.2) is 12.1 Å². The van der Waals surface area contributed by atoms with Gasteiger partial charge in [-0.25, -0.2) is 4.98 Å². The van der Waals surface area contributed by atoms with Crippen LogP contribution in [-0.4, -0.2) is 32.2 Å². The monoisotopic (exact) mass is 204 g/mol. The lowest BCUT2D eigenvalue weighted by Crippen LogP contribution is -2.27. The van der Waals surface area contributed by atoms with Crippen LogP contribution in [0.25, 0.3) is 0 Å². The Kier molecular flexibility index (Phi) is 4.07. The molecule has 0 fully saturated rings. The fourth-order valence-electron chi connectivity index (χ4n) is 1.31. The zero-order valence-corrected chi connectivity index (χ0v) is 9.41. The zero-order valence-electron chi connectivity index (χ0n) is 9.41. The molecule has 1 aromatic rings. The maximum absolute atomic E-state index is 8.84. The van der Waals surface area contributed by atoms with Gasteiger partial charge in [0, 0.05) is 25.8 Å². The highest BCUT2D eigenvalue weighted by atomic mass is 15.2. The number of rotatable bonds is 4. The van der Waals surface area contributed by atoms with Crippen LogP contribution in [0.3, 0.4) is 0 Å². The Morgan fingerprint density at radius 1 is 1.53 bits per heavy atom. The maximum Gasteiger partial charge on any atom is 0.129 e. The normalized spacial score (nSPS) is 9.73. The molecule has 0 aliphatic heterocycles. The zero-order chi connectivity index (χ0) is 11.3. The van der Waals surface area contributed by atoms with Crippen LogP contribution in [-0.2, 0) is 0 Å². The minimum atomic E-state index is 0.661. The molecule has 0 aromatic carbocycles. The minimum Gasteiger partial charge on any atom is -0.358 e. The molecule has 0 saturated carbocycles. The van der Waals surface area contributed by atoms with E-state index in [1.807, 2.05) is 32.0 Å². The number of pyridine rings is 1. The summed E-state index contributed by atoms with van der Waals surface area (Å²) in [5, 5.41) is 11.9. The van der Waals surface area contributed by atoms with Gasteiger partial charge in [0.2, 0.25) is 0 Å². The second-order valence-electron chi connectivity index (χ2n) is 3.49. The van der Waals surface area contributed by atoms with E-state index in [0.717, 1.165) is 24.6 Å². The Hall–Kier alpha value is -1.60. The summed E-state index contributed by atoms with van der Waals surface area (Å²) in [6.45, 7) is 3.67. The molecule has 1 N–H and O–H groups in total. The predicted octanol–water partition coefficient (Wildman–Crippen LogP) is 0.917. The van der Waals surface area contributed by atoms with Crippen molar-refractivity contribution >= 4 is 5.82 Å². The number of aryl methyl sites for hydroxylation is 1. The molecule has 4 nitrogen and oxygen atoms in total. The van der Waals surface area contributed by atoms with Crippen molar-refractivity contribution in [1.29, 1.82) is 5.26 Å². The summed E-state index contributed by atoms with van der Waals surface area (Å²) in [4.78, 5) is 6.41. The Morgan fingerprint density at radius 3 is 2.87 bits per heavy atom. The molecule has 0 aliphatic carbocycles. The molecule has 0 radical (unpaired) electrons. The highest BCUT2D eigenvalue weighted by Gasteiger charge is 2.04. The molecule has 4 heteroatoms. The smallest absolute Gasteiger partial charge is 0.129 e. The summed E-state index contributed by atoms with van der Waals surface area (Å²) in [5.41, 5.74) is 1.54. The van der Waals surface area contributed by atoms with Gasteiger partial charge in [0.25, 0.3) is 0 Å². The molecule has 0 bridgehead atoms. The molecule has 0 aliphatic rings. The molecular formula is C11H16N4. The highest BCUT2D eigenvalue weighted by Crippen LogP contribution is 2.12. The number of nitriles is 1. The van der Waals surface area contributed by atoms with E-state index in [-0.39, 0.29) is 0 Å². The van der Waals surface area contributed by atoms with Gasteiger partial charge in [0.15, 0.2) is 0 Å². The molecule has 15 heavy (non-hydrogen) atoms. The van der Waals surface area contributed by atoms with Gasteiger partial charge >= 0.3 is 0 Å². The molecule has 0 atom stereocenters. The fraction of sp³-hybridized carbons (Fsp3) is 0.455.